The molecule has 0 fully saturated rings. The number of esters is 1. The Morgan fingerprint density at radius 3 is 2.17 bits per heavy atom. The number of hydrogen-bond acceptors (Lipinski definition) is 8. The predicted octanol–water partition coefficient (Wildman–Crippen LogP) is 6.50. The SMILES string of the molecule is CC.CC.CCC.CO.COCc1cc(C(=O)OC2C=CC(C(S)SC(C)(C)N)=CC2)ccc1CO. The maximum absolute atomic E-state index is 12.5. The van der Waals surface area contributed by atoms with Gasteiger partial charge in [0.05, 0.1) is 28.2 Å². The first kappa shape index (κ1) is 39.2. The molecule has 0 bridgehead atoms. The number of carbonyl (C=O) groups excluding carboxylic acids is 1. The summed E-state index contributed by atoms with van der Waals surface area (Å²) in [6.07, 6.45) is 7.36. The fraction of sp³-hybridized carbons (Fsp3) is 0.607. The van der Waals surface area contributed by atoms with Gasteiger partial charge in [-0.15, -0.1) is 11.8 Å². The smallest absolute Gasteiger partial charge is 0.338 e. The van der Waals surface area contributed by atoms with E-state index in [9.17, 15) is 9.90 Å². The maximum Gasteiger partial charge on any atom is 0.338 e. The van der Waals surface area contributed by atoms with Crippen molar-refractivity contribution in [1.82, 2.24) is 0 Å². The van der Waals surface area contributed by atoms with Crippen molar-refractivity contribution in [2.75, 3.05) is 14.2 Å². The molecule has 1 aliphatic rings. The standard InChI is InChI=1S/C20H27NO4S2.C3H8.2C2H6.CH4O/c1-20(2,21)27-19(26)13-6-8-17(9-7-13)25-18(23)14-4-5-15(11-22)16(10-14)12-24-3;1-3-2;3*1-2/h4-8,10,17,19,22,26H,9,11-12,21H2,1-3H3;3H2,1-2H3;2*1-2H3;2H,1H3. The lowest BCUT2D eigenvalue weighted by atomic mass is 10.0. The summed E-state index contributed by atoms with van der Waals surface area (Å²) in [4.78, 5) is 12.1. The molecule has 2 atom stereocenters. The Balaban J connectivity index is -0.00000108. The molecule has 1 aliphatic carbocycles. The van der Waals surface area contributed by atoms with E-state index in [0.29, 0.717) is 18.6 Å². The van der Waals surface area contributed by atoms with Gasteiger partial charge in [-0.25, -0.2) is 4.79 Å². The quantitative estimate of drug-likeness (QED) is 0.168. The number of aliphatic hydroxyl groups is 2. The van der Waals surface area contributed by atoms with Crippen LogP contribution in [0.5, 0.6) is 0 Å². The largest absolute Gasteiger partial charge is 0.454 e. The molecule has 210 valence electrons. The molecule has 6 nitrogen and oxygen atoms in total. The van der Waals surface area contributed by atoms with Crippen LogP contribution in [0.15, 0.2) is 42.0 Å². The molecule has 36 heavy (non-hydrogen) atoms. The first-order valence-corrected chi connectivity index (χ1v) is 13.9. The molecule has 1 aromatic rings. The summed E-state index contributed by atoms with van der Waals surface area (Å²) < 4.78 is 10.7. The van der Waals surface area contributed by atoms with E-state index in [1.54, 1.807) is 37.1 Å². The van der Waals surface area contributed by atoms with Crippen LogP contribution in [0.3, 0.4) is 0 Å². The molecule has 2 rings (SSSR count). The van der Waals surface area contributed by atoms with Crippen molar-refractivity contribution in [3.8, 4) is 0 Å². The molecular formula is C28H51NO5S2. The van der Waals surface area contributed by atoms with Crippen LogP contribution in [0.25, 0.3) is 0 Å². The van der Waals surface area contributed by atoms with Crippen molar-refractivity contribution in [2.45, 2.75) is 97.0 Å². The number of hydrogen-bond donors (Lipinski definition) is 4. The van der Waals surface area contributed by atoms with E-state index in [0.717, 1.165) is 23.8 Å². The predicted molar refractivity (Wildman–Crippen MR) is 160 cm³/mol. The summed E-state index contributed by atoms with van der Waals surface area (Å²) in [5, 5.41) is 16.4. The lowest BCUT2D eigenvalue weighted by molar-refractivity contribution is 0.0397. The number of carbonyl (C=O) groups is 1. The summed E-state index contributed by atoms with van der Waals surface area (Å²) in [6.45, 7) is 16.4. The van der Waals surface area contributed by atoms with Gasteiger partial charge in [-0.1, -0.05) is 66.2 Å². The van der Waals surface area contributed by atoms with Crippen LogP contribution in [0.1, 0.15) is 89.7 Å². The molecule has 2 unspecified atom stereocenters. The van der Waals surface area contributed by atoms with Gasteiger partial charge in [0.2, 0.25) is 0 Å². The van der Waals surface area contributed by atoms with Crippen molar-refractivity contribution in [2.24, 2.45) is 5.73 Å². The molecule has 0 aliphatic heterocycles. The lowest BCUT2D eigenvalue weighted by Gasteiger charge is -2.25. The van der Waals surface area contributed by atoms with Gasteiger partial charge >= 0.3 is 5.97 Å². The van der Waals surface area contributed by atoms with E-state index in [1.807, 2.05) is 59.8 Å². The molecule has 0 amide bonds. The van der Waals surface area contributed by atoms with Gasteiger partial charge in [0.25, 0.3) is 0 Å². The number of methoxy groups -OCH3 is 1. The molecule has 0 aromatic heterocycles. The van der Waals surface area contributed by atoms with Gasteiger partial charge in [0.15, 0.2) is 0 Å². The number of thiol groups is 1. The number of allylic oxidation sites excluding steroid dienone is 1. The van der Waals surface area contributed by atoms with Crippen LogP contribution in [0.2, 0.25) is 0 Å². The van der Waals surface area contributed by atoms with E-state index in [1.165, 1.54) is 6.42 Å². The van der Waals surface area contributed by atoms with Gasteiger partial charge in [-0.3, -0.25) is 0 Å². The Morgan fingerprint density at radius 1 is 1.19 bits per heavy atom. The van der Waals surface area contributed by atoms with Crippen molar-refractivity contribution in [3.05, 3.63) is 58.7 Å². The Hall–Kier alpha value is -1.29. The second-order valence-corrected chi connectivity index (χ2v) is 10.2. The Morgan fingerprint density at radius 2 is 1.75 bits per heavy atom. The van der Waals surface area contributed by atoms with Gasteiger partial charge in [0, 0.05) is 20.6 Å². The zero-order valence-corrected chi connectivity index (χ0v) is 25.7. The number of rotatable bonds is 8. The Bertz CT molecular complexity index is 746. The van der Waals surface area contributed by atoms with Crippen molar-refractivity contribution >= 4 is 30.4 Å². The van der Waals surface area contributed by atoms with Gasteiger partial charge in [0.1, 0.15) is 6.10 Å². The third-order valence-corrected chi connectivity index (χ3v) is 5.68. The third kappa shape index (κ3) is 17.2. The van der Waals surface area contributed by atoms with Crippen LogP contribution in [0.4, 0.5) is 0 Å². The molecule has 4 N–H and O–H groups in total. The van der Waals surface area contributed by atoms with E-state index < -0.39 is 5.97 Å². The molecular weight excluding hydrogens is 494 g/mol. The monoisotopic (exact) mass is 545 g/mol. The maximum atomic E-state index is 12.5. The minimum atomic E-state index is -0.400. The van der Waals surface area contributed by atoms with E-state index >= 15 is 0 Å². The third-order valence-electron chi connectivity index (χ3n) is 3.96. The summed E-state index contributed by atoms with van der Waals surface area (Å²) in [5.41, 5.74) is 9.03. The fourth-order valence-corrected chi connectivity index (χ4v) is 4.54. The first-order chi connectivity index (χ1) is 17.1. The summed E-state index contributed by atoms with van der Waals surface area (Å²) >= 11 is 6.16. The number of aliphatic hydroxyl groups excluding tert-OH is 2. The molecule has 8 heteroatoms. The second kappa shape index (κ2) is 24.1. The molecule has 1 aromatic carbocycles. The highest BCUT2D eigenvalue weighted by Crippen LogP contribution is 2.33. The first-order valence-electron chi connectivity index (χ1n) is 12.5. The summed E-state index contributed by atoms with van der Waals surface area (Å²) in [7, 11) is 2.57. The minimum absolute atomic E-state index is 0.0273. The molecule has 0 radical (unpaired) electrons. The normalized spacial score (nSPS) is 14.6. The van der Waals surface area contributed by atoms with Crippen LogP contribution >= 0.6 is 24.4 Å². The molecule has 0 saturated heterocycles. The molecule has 0 saturated carbocycles. The highest BCUT2D eigenvalue weighted by atomic mass is 32.2. The Labute approximate surface area is 230 Å². The van der Waals surface area contributed by atoms with Crippen molar-refractivity contribution in [1.29, 1.82) is 0 Å². The van der Waals surface area contributed by atoms with Crippen molar-refractivity contribution in [3.63, 3.8) is 0 Å². The highest BCUT2D eigenvalue weighted by Gasteiger charge is 2.22. The number of thioether (sulfide) groups is 1. The molecule has 0 heterocycles. The van der Waals surface area contributed by atoms with Crippen LogP contribution in [-0.4, -0.2) is 46.0 Å². The zero-order valence-electron chi connectivity index (χ0n) is 24.0. The minimum Gasteiger partial charge on any atom is -0.454 e. The van der Waals surface area contributed by atoms with E-state index in [2.05, 4.69) is 26.5 Å². The van der Waals surface area contributed by atoms with Crippen LogP contribution in [0, 0.1) is 0 Å². The highest BCUT2D eigenvalue weighted by molar-refractivity contribution is 8.11. The van der Waals surface area contributed by atoms with Crippen molar-refractivity contribution < 1.29 is 24.5 Å². The Kier molecular flexibility index (Phi) is 26.2. The average molecular weight is 546 g/mol. The summed E-state index contributed by atoms with van der Waals surface area (Å²) in [6, 6.07) is 5.08. The molecule has 0 spiro atoms. The fourth-order valence-electron chi connectivity index (χ4n) is 2.65. The second-order valence-electron chi connectivity index (χ2n) is 7.60. The average Bonchev–Trinajstić information content (AvgIpc) is 2.87. The van der Waals surface area contributed by atoms with Crippen LogP contribution in [-0.2, 0) is 22.7 Å². The topological polar surface area (TPSA) is 102 Å². The number of ether oxygens (including phenoxy) is 2. The van der Waals surface area contributed by atoms with E-state index in [4.69, 9.17) is 20.3 Å². The number of benzene rings is 1. The van der Waals surface area contributed by atoms with Gasteiger partial charge in [-0.05, 0) is 48.8 Å². The number of nitrogens with two attached hydrogens (primary N) is 1. The van der Waals surface area contributed by atoms with Gasteiger partial charge < -0.3 is 25.4 Å². The van der Waals surface area contributed by atoms with Crippen LogP contribution < -0.4 is 5.73 Å². The van der Waals surface area contributed by atoms with Gasteiger partial charge in [-0.2, -0.15) is 12.6 Å². The zero-order chi connectivity index (χ0) is 28.7. The summed E-state index contributed by atoms with van der Waals surface area (Å²) in [5.74, 6) is -0.400. The van der Waals surface area contributed by atoms with E-state index in [-0.39, 0.29) is 22.2 Å². The lowest BCUT2D eigenvalue weighted by Crippen LogP contribution is -2.29.